The number of hydrogen-bond acceptors (Lipinski definition) is 20. The summed E-state index contributed by atoms with van der Waals surface area (Å²) in [4.78, 5) is 92.3. The third-order valence-electron chi connectivity index (χ3n) is 20.6. The predicted molar refractivity (Wildman–Crippen MR) is 513 cm³/mol. The fourth-order valence-electron chi connectivity index (χ4n) is 14.0. The molecule has 0 fully saturated rings. The fourth-order valence-corrected chi connectivity index (χ4v) is 18.0. The quantitative estimate of drug-likeness (QED) is 0.0130. The molecule has 24 heteroatoms. The van der Waals surface area contributed by atoms with E-state index < -0.39 is 23.9 Å². The molecule has 8 aromatic heterocycles. The van der Waals surface area contributed by atoms with Crippen molar-refractivity contribution >= 4 is 115 Å². The van der Waals surface area contributed by atoms with Gasteiger partial charge in [0, 0.05) is 87.3 Å². The smallest absolute Gasteiger partial charge is 0.307 e. The van der Waals surface area contributed by atoms with E-state index in [4.69, 9.17) is 60.3 Å². The number of unbranched alkanes of at least 4 members (excludes halogenated alkanes) is 8. The van der Waals surface area contributed by atoms with E-state index in [-0.39, 0.29) is 25.7 Å². The Bertz CT molecular complexity index is 5440. The third-order valence-corrected chi connectivity index (χ3v) is 25.2. The first kappa shape index (κ1) is 96.4. The monoisotopic (exact) mass is 1740 g/mol. The molecule has 0 radical (unpaired) electrons. The summed E-state index contributed by atoms with van der Waals surface area (Å²) >= 11 is 7.08. The Morgan fingerprint density at radius 2 is 0.556 bits per heavy atom. The molecule has 20 nitrogen and oxygen atoms in total. The topological polar surface area (TPSA) is 300 Å². The summed E-state index contributed by atoms with van der Waals surface area (Å²) in [7, 11) is 0. The number of hydrogen-bond donors (Lipinski definition) is 8. The normalized spacial score (nSPS) is 10.9. The van der Waals surface area contributed by atoms with E-state index in [0.717, 1.165) is 207 Å². The van der Waals surface area contributed by atoms with Gasteiger partial charge < -0.3 is 41.7 Å². The third kappa shape index (κ3) is 29.9. The molecule has 8 heterocycles. The lowest BCUT2D eigenvalue weighted by Crippen LogP contribution is -2.07. The highest BCUT2D eigenvalue weighted by Crippen LogP contribution is 2.37. The Labute approximate surface area is 747 Å². The van der Waals surface area contributed by atoms with E-state index in [1.54, 1.807) is 45.3 Å². The molecule has 0 aliphatic heterocycles. The van der Waals surface area contributed by atoms with Crippen LogP contribution in [0.5, 0.6) is 0 Å². The highest BCUT2D eigenvalue weighted by Gasteiger charge is 2.21. The molecule has 0 unspecified atom stereocenters. The number of nitrogens with zero attached hydrogens (tertiary/aromatic N) is 8. The second kappa shape index (κ2) is 50.4. The highest BCUT2D eigenvalue weighted by atomic mass is 32.1. The Morgan fingerprint density at radius 3 is 0.823 bits per heavy atom. The number of nitrogens with one attached hydrogen (secondary N) is 4. The molecule has 12 aromatic rings. The molecule has 124 heavy (non-hydrogen) atoms. The van der Waals surface area contributed by atoms with E-state index in [2.05, 4.69) is 138 Å². The molecule has 0 amide bonds. The van der Waals surface area contributed by atoms with E-state index in [1.165, 1.54) is 96.6 Å². The number of carbonyl (C=O) groups is 4. The summed E-state index contributed by atoms with van der Waals surface area (Å²) in [6, 6.07) is 47.0. The molecular formula is C100H120N12O8S4. The van der Waals surface area contributed by atoms with Crippen molar-refractivity contribution in [1.29, 1.82) is 0 Å². The van der Waals surface area contributed by atoms with Crippen LogP contribution in [0.15, 0.2) is 171 Å². The Balaban J connectivity index is 0.000000187. The van der Waals surface area contributed by atoms with Crippen molar-refractivity contribution in [2.75, 3.05) is 21.3 Å². The van der Waals surface area contributed by atoms with Crippen molar-refractivity contribution in [3.8, 4) is 42.8 Å². The number of anilines is 8. The number of benzene rings is 4. The van der Waals surface area contributed by atoms with Gasteiger partial charge in [0.25, 0.3) is 0 Å². The summed E-state index contributed by atoms with van der Waals surface area (Å²) in [6.45, 7) is 29.1. The molecule has 0 saturated carbocycles. The van der Waals surface area contributed by atoms with Crippen LogP contribution in [0.1, 0.15) is 219 Å². The first-order valence-corrected chi connectivity index (χ1v) is 46.8. The van der Waals surface area contributed by atoms with Crippen molar-refractivity contribution in [3.63, 3.8) is 0 Å². The van der Waals surface area contributed by atoms with Crippen LogP contribution in [0.25, 0.3) is 42.8 Å². The summed E-state index contributed by atoms with van der Waals surface area (Å²) in [6.07, 6.45) is 27.6. The van der Waals surface area contributed by atoms with Gasteiger partial charge >= 0.3 is 23.9 Å². The van der Waals surface area contributed by atoms with Crippen LogP contribution in [0.2, 0.25) is 0 Å². The van der Waals surface area contributed by atoms with Crippen molar-refractivity contribution < 1.29 is 39.6 Å². The second-order valence-electron chi connectivity index (χ2n) is 30.4. The van der Waals surface area contributed by atoms with Crippen molar-refractivity contribution in [3.05, 3.63) is 258 Å². The lowest BCUT2D eigenvalue weighted by Gasteiger charge is -2.15. The fraction of sp³-hybridized carbons (Fsp3) is 0.360. The first-order chi connectivity index (χ1) is 60.1. The van der Waals surface area contributed by atoms with Crippen LogP contribution in [-0.2, 0) is 109 Å². The minimum Gasteiger partial charge on any atom is -0.481 e. The lowest BCUT2D eigenvalue weighted by atomic mass is 10.1. The molecular weight excluding hydrogens is 1630 g/mol. The average Bonchev–Trinajstić information content (AvgIpc) is 1.38. The number of aromatic nitrogens is 8. The maximum atomic E-state index is 10.9. The zero-order valence-corrected chi connectivity index (χ0v) is 76.7. The molecule has 0 aliphatic rings. The molecule has 0 aliphatic carbocycles. The molecule has 0 saturated heterocycles. The minimum atomic E-state index is -0.838. The molecule has 0 atom stereocenters. The summed E-state index contributed by atoms with van der Waals surface area (Å²) in [5, 5.41) is 49.5. The number of aliphatic carboxylic acids is 4. The highest BCUT2D eigenvalue weighted by molar-refractivity contribution is 7.16. The van der Waals surface area contributed by atoms with Crippen LogP contribution in [0.4, 0.5) is 46.0 Å². The lowest BCUT2D eigenvalue weighted by molar-refractivity contribution is -0.137. The SMILES string of the molecule is C=CCc1c(C)nc(-c2ccc(CCCCC)s2)nc1Nc1ccc(CC(=O)O)cc1.C=CCc1c(CC)nc(-c2ccc(CCCCC)s2)nc1Nc1ccc(CC(=O)O)cc1.CCCCCc1ccc(-c2nc(C)c(CC)c(Nc3ccc(CC(=O)O)cc3)n2)s1.CCCCCc1ccc(-c2nc(CC)c(CC)c(Nc3ccc(CC(=O)O)cc3)n2)s1. The van der Waals surface area contributed by atoms with E-state index in [1.807, 2.05) is 123 Å². The minimum absolute atomic E-state index is 0.0116. The van der Waals surface area contributed by atoms with Gasteiger partial charge in [-0.25, -0.2) is 39.9 Å². The largest absolute Gasteiger partial charge is 0.481 e. The number of carboxylic acids is 4. The van der Waals surface area contributed by atoms with E-state index in [9.17, 15) is 19.2 Å². The van der Waals surface area contributed by atoms with Gasteiger partial charge in [-0.1, -0.05) is 167 Å². The number of rotatable bonds is 44. The predicted octanol–water partition coefficient (Wildman–Crippen LogP) is 25.6. The van der Waals surface area contributed by atoms with Gasteiger partial charge in [0.15, 0.2) is 23.3 Å². The maximum Gasteiger partial charge on any atom is 0.307 e. The maximum absolute atomic E-state index is 10.9. The Kier molecular flexibility index (Phi) is 39.1. The van der Waals surface area contributed by atoms with Gasteiger partial charge in [0.1, 0.15) is 23.3 Å². The number of thiophene rings is 4. The van der Waals surface area contributed by atoms with Gasteiger partial charge in [-0.15, -0.1) is 58.5 Å². The Morgan fingerprint density at radius 1 is 0.306 bits per heavy atom. The zero-order chi connectivity index (χ0) is 88.9. The van der Waals surface area contributed by atoms with Gasteiger partial charge in [-0.05, 0) is 223 Å². The van der Waals surface area contributed by atoms with Crippen molar-refractivity contribution in [2.45, 2.75) is 236 Å². The van der Waals surface area contributed by atoms with Gasteiger partial charge in [-0.3, -0.25) is 19.2 Å². The van der Waals surface area contributed by atoms with Crippen LogP contribution in [0, 0.1) is 13.8 Å². The van der Waals surface area contributed by atoms with Crippen LogP contribution in [-0.4, -0.2) is 84.2 Å². The molecule has 0 spiro atoms. The number of carboxylic acid groups (broad SMARTS) is 4. The summed E-state index contributed by atoms with van der Waals surface area (Å²) < 4.78 is 0. The number of allylic oxidation sites excluding steroid dienone is 2. The van der Waals surface area contributed by atoms with Crippen LogP contribution in [0.3, 0.4) is 0 Å². The zero-order valence-electron chi connectivity index (χ0n) is 73.4. The molecule has 8 N–H and O–H groups in total. The molecule has 652 valence electrons. The summed E-state index contributed by atoms with van der Waals surface area (Å²) in [5.41, 5.74) is 14.8. The number of aryl methyl sites for hydroxylation is 8. The molecule has 12 rings (SSSR count). The van der Waals surface area contributed by atoms with Crippen LogP contribution < -0.4 is 21.3 Å². The van der Waals surface area contributed by atoms with Crippen LogP contribution >= 0.6 is 45.3 Å². The van der Waals surface area contributed by atoms with Gasteiger partial charge in [0.2, 0.25) is 0 Å². The van der Waals surface area contributed by atoms with E-state index in [0.29, 0.717) is 12.8 Å². The van der Waals surface area contributed by atoms with Crippen molar-refractivity contribution in [1.82, 2.24) is 39.9 Å². The second-order valence-corrected chi connectivity index (χ2v) is 35.1. The van der Waals surface area contributed by atoms with Gasteiger partial charge in [-0.2, -0.15) is 0 Å². The molecule has 4 aromatic carbocycles. The van der Waals surface area contributed by atoms with E-state index >= 15 is 0 Å². The Hall–Kier alpha value is -11.4. The van der Waals surface area contributed by atoms with Gasteiger partial charge in [0.05, 0.1) is 45.2 Å². The first-order valence-electron chi connectivity index (χ1n) is 43.5. The van der Waals surface area contributed by atoms with Crippen molar-refractivity contribution in [2.24, 2.45) is 0 Å². The standard InChI is InChI=1S/C26H31N3O2S.C25H29N3O2S.C25H31N3O2S.C24H29N3O2S/c1-4-7-8-10-20-15-16-23(32-20)26-28-22(6-3)21(9-5-2)25(29-26)27-19-13-11-18(12-14-19)17-24(30)31;1-4-6-7-9-20-14-15-22(31-20)25-26-17(3)21(8-5-2)24(28-25)27-19-12-10-18(11-13-19)16-23(29)30;1-4-7-8-9-19-14-15-22(31-19)25-27-21(6-3)20(5-2)24(28-25)26-18-12-10-17(11-13-18)16-23(29)30;1-4-6-7-8-19-13-14-21(30-19)24-25-16(3)20(5-2)23(27-24)26-18-11-9-17(10-12-18)15-22(28)29/h5,11-16H,2,4,6-10,17H2,1,3H3,(H,30,31)(H,27,28,29);5,10-15H,2,4,6-9,16H2,1,3H3,(H,29,30)(H,26,27,28);10-15H,4-9,16H2,1-3H3,(H,29,30)(H,26,27,28);9-14H,4-8,15H2,1-3H3,(H,28,29)(H,25,26,27). The molecule has 0 bridgehead atoms. The average molecular weight is 1750 g/mol. The summed E-state index contributed by atoms with van der Waals surface area (Å²) in [5.74, 6) is 2.83.